The molecule has 0 aromatic carbocycles. The van der Waals surface area contributed by atoms with Crippen LogP contribution < -0.4 is 0 Å². The van der Waals surface area contributed by atoms with Crippen molar-refractivity contribution in [1.29, 1.82) is 0 Å². The second-order valence-corrected chi connectivity index (χ2v) is 4.44. The molecule has 7 nitrogen and oxygen atoms in total. The van der Waals surface area contributed by atoms with Gasteiger partial charge in [0.15, 0.2) is 5.82 Å². The van der Waals surface area contributed by atoms with Crippen molar-refractivity contribution in [3.63, 3.8) is 0 Å². The van der Waals surface area contributed by atoms with Crippen LogP contribution in [-0.2, 0) is 13.4 Å². The van der Waals surface area contributed by atoms with E-state index < -0.39 is 3.79 Å². The Morgan fingerprint density at radius 2 is 1.38 bits per heavy atom. The molecule has 16 heavy (non-hydrogen) atoms. The number of alkyl halides is 3. The number of hydrogen-bond donors (Lipinski definition) is 0. The molecule has 1 aromatic heterocycles. The molecule has 0 fully saturated rings. The lowest BCUT2D eigenvalue weighted by Gasteiger charge is -2.08. The fraction of sp³-hybridized carbons (Fsp3) is 0.167. The van der Waals surface area contributed by atoms with Gasteiger partial charge in [-0.25, -0.2) is 9.59 Å². The van der Waals surface area contributed by atoms with E-state index in [4.69, 9.17) is 34.8 Å². The number of nitrogens with zero attached hydrogens (tertiary/aromatic N) is 5. The molecule has 0 unspecified atom stereocenters. The summed E-state index contributed by atoms with van der Waals surface area (Å²) in [5.74, 6) is -1.07. The predicted octanol–water partition coefficient (Wildman–Crippen LogP) is 1.63. The molecule has 10 heteroatoms. The normalized spacial score (nSPS) is 10.2. The SMILES string of the molecule is O=C=Nc1nc(N=C=O)nc(C(Cl)(Cl)Cl)n1. The molecular formula is C6Cl3N5O2. The minimum atomic E-state index is -1.96. The Bertz CT molecular complexity index is 465. The van der Waals surface area contributed by atoms with Crippen LogP contribution in [0.15, 0.2) is 9.98 Å². The Morgan fingerprint density at radius 1 is 0.938 bits per heavy atom. The smallest absolute Gasteiger partial charge is 0.211 e. The number of carbonyl (C=O) groups excluding carboxylic acids is 2. The second kappa shape index (κ2) is 5.12. The molecule has 0 saturated carbocycles. The first-order valence-corrected chi connectivity index (χ1v) is 4.60. The van der Waals surface area contributed by atoms with Crippen LogP contribution in [0.25, 0.3) is 0 Å². The molecule has 0 N–H and O–H groups in total. The Labute approximate surface area is 103 Å². The second-order valence-electron chi connectivity index (χ2n) is 2.16. The highest BCUT2D eigenvalue weighted by Crippen LogP contribution is 2.36. The molecule has 1 heterocycles. The lowest BCUT2D eigenvalue weighted by molar-refractivity contribution is 0.564. The van der Waals surface area contributed by atoms with E-state index in [2.05, 4.69) is 24.9 Å². The standard InChI is InChI=1S/C6Cl3N5O2/c7-6(8,9)3-12-4(10-1-15)14-5(13-3)11-2-16. The van der Waals surface area contributed by atoms with Gasteiger partial charge in [0.2, 0.25) is 16.0 Å². The highest BCUT2D eigenvalue weighted by atomic mass is 35.6. The number of hydrogen-bond acceptors (Lipinski definition) is 7. The first-order chi connectivity index (χ1) is 7.47. The summed E-state index contributed by atoms with van der Waals surface area (Å²) < 4.78 is -1.96. The van der Waals surface area contributed by atoms with Crippen LogP contribution in [0.3, 0.4) is 0 Å². The van der Waals surface area contributed by atoms with E-state index in [-0.39, 0.29) is 17.7 Å². The Kier molecular flexibility index (Phi) is 4.06. The molecule has 82 valence electrons. The molecule has 0 atom stereocenters. The Morgan fingerprint density at radius 3 is 1.69 bits per heavy atom. The van der Waals surface area contributed by atoms with Crippen LogP contribution in [0, 0.1) is 0 Å². The van der Waals surface area contributed by atoms with Gasteiger partial charge in [-0.2, -0.15) is 15.0 Å². The number of isocyanates is 2. The Hall–Kier alpha value is -1.36. The van der Waals surface area contributed by atoms with Crippen LogP contribution in [0.2, 0.25) is 0 Å². The number of halogens is 3. The third-order valence-electron chi connectivity index (χ3n) is 1.16. The van der Waals surface area contributed by atoms with Gasteiger partial charge in [0.25, 0.3) is 11.9 Å². The van der Waals surface area contributed by atoms with Gasteiger partial charge >= 0.3 is 0 Å². The van der Waals surface area contributed by atoms with E-state index in [1.54, 1.807) is 0 Å². The Balaban J connectivity index is 3.40. The summed E-state index contributed by atoms with van der Waals surface area (Å²) >= 11 is 16.5. The zero-order valence-electron chi connectivity index (χ0n) is 7.19. The summed E-state index contributed by atoms with van der Waals surface area (Å²) in [5, 5.41) is 0. The topological polar surface area (TPSA) is 97.5 Å². The quantitative estimate of drug-likeness (QED) is 0.466. The monoisotopic (exact) mass is 279 g/mol. The highest BCUT2D eigenvalue weighted by molar-refractivity contribution is 6.66. The molecular weight excluding hydrogens is 280 g/mol. The molecule has 0 saturated heterocycles. The minimum absolute atomic E-state index is 0.324. The van der Waals surface area contributed by atoms with E-state index in [1.165, 1.54) is 12.2 Å². The zero-order chi connectivity index (χ0) is 12.2. The molecule has 0 aliphatic heterocycles. The molecule has 1 aromatic rings. The summed E-state index contributed by atoms with van der Waals surface area (Å²) in [6.07, 6.45) is 2.37. The van der Waals surface area contributed by atoms with E-state index in [0.717, 1.165) is 0 Å². The largest absolute Gasteiger partial charge is 0.265 e. The fourth-order valence-corrected chi connectivity index (χ4v) is 0.916. The summed E-state index contributed by atoms with van der Waals surface area (Å²) in [6, 6.07) is 0. The van der Waals surface area contributed by atoms with Crippen molar-refractivity contribution in [2.75, 3.05) is 0 Å². The van der Waals surface area contributed by atoms with Crippen molar-refractivity contribution in [2.24, 2.45) is 9.98 Å². The van der Waals surface area contributed by atoms with Gasteiger partial charge in [-0.1, -0.05) is 34.8 Å². The molecule has 0 bridgehead atoms. The summed E-state index contributed by atoms with van der Waals surface area (Å²) in [6.45, 7) is 0. The maximum Gasteiger partial charge on any atom is 0.265 e. The summed E-state index contributed by atoms with van der Waals surface area (Å²) in [5.41, 5.74) is 0. The molecule has 0 spiro atoms. The van der Waals surface area contributed by atoms with Gasteiger partial charge in [0.1, 0.15) is 0 Å². The first kappa shape index (κ1) is 12.7. The lowest BCUT2D eigenvalue weighted by Crippen LogP contribution is -2.07. The minimum Gasteiger partial charge on any atom is -0.211 e. The lowest BCUT2D eigenvalue weighted by atomic mass is 10.6. The van der Waals surface area contributed by atoms with E-state index in [0.29, 0.717) is 0 Å². The third kappa shape index (κ3) is 3.34. The molecule has 0 aliphatic carbocycles. The van der Waals surface area contributed by atoms with Crippen molar-refractivity contribution in [1.82, 2.24) is 15.0 Å². The zero-order valence-corrected chi connectivity index (χ0v) is 9.45. The van der Waals surface area contributed by atoms with Crippen molar-refractivity contribution in [3.05, 3.63) is 5.82 Å². The number of aromatic nitrogens is 3. The number of rotatable bonds is 2. The molecule has 0 aliphatic rings. The van der Waals surface area contributed by atoms with Crippen LogP contribution in [-0.4, -0.2) is 27.1 Å². The van der Waals surface area contributed by atoms with Crippen LogP contribution >= 0.6 is 34.8 Å². The number of aliphatic imine (C=N–C) groups is 2. The van der Waals surface area contributed by atoms with Crippen LogP contribution in [0.4, 0.5) is 11.9 Å². The summed E-state index contributed by atoms with van der Waals surface area (Å²) in [4.78, 5) is 36.7. The van der Waals surface area contributed by atoms with Crippen LogP contribution in [0.1, 0.15) is 5.82 Å². The highest BCUT2D eigenvalue weighted by Gasteiger charge is 2.28. The maximum atomic E-state index is 10.0. The molecule has 0 radical (unpaired) electrons. The van der Waals surface area contributed by atoms with Crippen molar-refractivity contribution in [2.45, 2.75) is 3.79 Å². The van der Waals surface area contributed by atoms with Gasteiger partial charge in [-0.15, -0.1) is 9.98 Å². The maximum absolute atomic E-state index is 10.0. The van der Waals surface area contributed by atoms with Gasteiger partial charge < -0.3 is 0 Å². The average molecular weight is 280 g/mol. The van der Waals surface area contributed by atoms with E-state index in [9.17, 15) is 9.59 Å². The molecule has 1 rings (SSSR count). The third-order valence-corrected chi connectivity index (χ3v) is 1.66. The summed E-state index contributed by atoms with van der Waals surface area (Å²) in [7, 11) is 0. The van der Waals surface area contributed by atoms with Gasteiger partial charge in [0, 0.05) is 0 Å². The van der Waals surface area contributed by atoms with E-state index in [1.807, 2.05) is 0 Å². The van der Waals surface area contributed by atoms with Gasteiger partial charge in [-0.3, -0.25) is 0 Å². The fourth-order valence-electron chi connectivity index (χ4n) is 0.662. The van der Waals surface area contributed by atoms with E-state index >= 15 is 0 Å². The molecule has 0 amide bonds. The van der Waals surface area contributed by atoms with Gasteiger partial charge in [0.05, 0.1) is 0 Å². The average Bonchev–Trinajstić information content (AvgIpc) is 2.17. The van der Waals surface area contributed by atoms with Crippen molar-refractivity contribution in [3.8, 4) is 0 Å². The van der Waals surface area contributed by atoms with Crippen molar-refractivity contribution >= 4 is 58.9 Å². The van der Waals surface area contributed by atoms with Crippen LogP contribution in [0.5, 0.6) is 0 Å². The first-order valence-electron chi connectivity index (χ1n) is 3.46. The van der Waals surface area contributed by atoms with Crippen molar-refractivity contribution < 1.29 is 9.59 Å². The van der Waals surface area contributed by atoms with Gasteiger partial charge in [-0.05, 0) is 0 Å². The predicted molar refractivity (Wildman–Crippen MR) is 54.6 cm³/mol.